The zero-order chi connectivity index (χ0) is 15.4. The number of anilines is 1. The molecule has 0 saturated carbocycles. The van der Waals surface area contributed by atoms with E-state index in [2.05, 4.69) is 15.5 Å². The van der Waals surface area contributed by atoms with Crippen LogP contribution in [-0.2, 0) is 6.54 Å². The first-order valence-corrected chi connectivity index (χ1v) is 6.31. The second-order valence-electron chi connectivity index (χ2n) is 4.73. The van der Waals surface area contributed by atoms with Crippen molar-refractivity contribution in [3.63, 3.8) is 0 Å². The molecule has 1 aromatic heterocycles. The third-order valence-corrected chi connectivity index (χ3v) is 3.03. The monoisotopic (exact) mass is 288 g/mol. The smallest absolute Gasteiger partial charge is 0.335 e. The maximum Gasteiger partial charge on any atom is 0.335 e. The van der Waals surface area contributed by atoms with Gasteiger partial charge >= 0.3 is 12.0 Å². The third kappa shape index (κ3) is 3.59. The maximum absolute atomic E-state index is 12.0. The van der Waals surface area contributed by atoms with E-state index >= 15 is 0 Å². The van der Waals surface area contributed by atoms with Crippen molar-refractivity contribution in [1.29, 1.82) is 0 Å². The number of nitrogens with one attached hydrogen (secondary N) is 2. The summed E-state index contributed by atoms with van der Waals surface area (Å²) in [6.07, 6.45) is 3.37. The number of rotatable bonds is 4. The van der Waals surface area contributed by atoms with Gasteiger partial charge in [0.1, 0.15) is 0 Å². The number of benzene rings is 1. The van der Waals surface area contributed by atoms with Crippen molar-refractivity contribution < 1.29 is 14.7 Å². The number of hydrogen-bond donors (Lipinski definition) is 3. The van der Waals surface area contributed by atoms with Crippen LogP contribution < -0.4 is 5.32 Å². The Morgan fingerprint density at radius 3 is 2.76 bits per heavy atom. The summed E-state index contributed by atoms with van der Waals surface area (Å²) in [6, 6.07) is 4.40. The quantitative estimate of drug-likeness (QED) is 0.802. The predicted molar refractivity (Wildman–Crippen MR) is 77.2 cm³/mol. The summed E-state index contributed by atoms with van der Waals surface area (Å²) in [7, 11) is 1.67. The van der Waals surface area contributed by atoms with Crippen LogP contribution in [0.25, 0.3) is 0 Å². The fourth-order valence-electron chi connectivity index (χ4n) is 1.91. The van der Waals surface area contributed by atoms with Crippen molar-refractivity contribution in [1.82, 2.24) is 15.1 Å². The molecular formula is C14H16N4O3. The lowest BCUT2D eigenvalue weighted by molar-refractivity contribution is 0.0696. The predicted octanol–water partition coefficient (Wildman–Crippen LogP) is 2.08. The topological polar surface area (TPSA) is 98.3 Å². The van der Waals surface area contributed by atoms with E-state index in [1.165, 1.54) is 11.0 Å². The van der Waals surface area contributed by atoms with Crippen LogP contribution >= 0.6 is 0 Å². The number of hydrogen-bond acceptors (Lipinski definition) is 3. The fraction of sp³-hybridized carbons (Fsp3) is 0.214. The molecule has 0 fully saturated rings. The van der Waals surface area contributed by atoms with Gasteiger partial charge in [-0.3, -0.25) is 5.10 Å². The van der Waals surface area contributed by atoms with Gasteiger partial charge in [-0.25, -0.2) is 9.59 Å². The Kier molecular flexibility index (Phi) is 4.22. The van der Waals surface area contributed by atoms with Gasteiger partial charge in [0.2, 0.25) is 0 Å². The van der Waals surface area contributed by atoms with E-state index in [9.17, 15) is 9.59 Å². The number of aromatic amines is 1. The lowest BCUT2D eigenvalue weighted by Gasteiger charge is -2.17. The Bertz CT molecular complexity index is 652. The van der Waals surface area contributed by atoms with Crippen LogP contribution in [0.1, 0.15) is 21.5 Å². The highest BCUT2D eigenvalue weighted by molar-refractivity contribution is 5.92. The molecule has 0 bridgehead atoms. The molecule has 0 aliphatic carbocycles. The van der Waals surface area contributed by atoms with E-state index in [1.54, 1.807) is 38.5 Å². The van der Waals surface area contributed by atoms with Gasteiger partial charge in [-0.1, -0.05) is 0 Å². The lowest BCUT2D eigenvalue weighted by atomic mass is 10.1. The molecule has 110 valence electrons. The van der Waals surface area contributed by atoms with E-state index in [-0.39, 0.29) is 11.6 Å². The van der Waals surface area contributed by atoms with Crippen molar-refractivity contribution in [2.45, 2.75) is 13.5 Å². The summed E-state index contributed by atoms with van der Waals surface area (Å²) < 4.78 is 0. The SMILES string of the molecule is Cc1cc(NC(=O)N(C)Cc2cn[nH]c2)ccc1C(=O)O. The molecule has 1 aromatic carbocycles. The molecule has 2 rings (SSSR count). The van der Waals surface area contributed by atoms with Crippen molar-refractivity contribution in [2.24, 2.45) is 0 Å². The molecule has 0 spiro atoms. The normalized spacial score (nSPS) is 10.2. The second-order valence-corrected chi connectivity index (χ2v) is 4.73. The van der Waals surface area contributed by atoms with Gasteiger partial charge in [0.05, 0.1) is 18.3 Å². The Hall–Kier alpha value is -2.83. The van der Waals surface area contributed by atoms with Gasteiger partial charge in [0, 0.05) is 24.5 Å². The number of urea groups is 1. The molecule has 1 heterocycles. The summed E-state index contributed by atoms with van der Waals surface area (Å²) in [4.78, 5) is 24.5. The Labute approximate surface area is 121 Å². The Balaban J connectivity index is 2.02. The highest BCUT2D eigenvalue weighted by Gasteiger charge is 2.12. The molecule has 2 aromatic rings. The van der Waals surface area contributed by atoms with Crippen LogP contribution in [0, 0.1) is 6.92 Å². The number of carbonyl (C=O) groups excluding carboxylic acids is 1. The van der Waals surface area contributed by atoms with E-state index in [0.717, 1.165) is 5.56 Å². The minimum Gasteiger partial charge on any atom is -0.478 e. The summed E-state index contributed by atoms with van der Waals surface area (Å²) in [5.41, 5.74) is 2.27. The number of aryl methyl sites for hydroxylation is 1. The zero-order valence-electron chi connectivity index (χ0n) is 11.8. The van der Waals surface area contributed by atoms with Crippen LogP contribution in [0.2, 0.25) is 0 Å². The molecule has 21 heavy (non-hydrogen) atoms. The summed E-state index contributed by atoms with van der Waals surface area (Å²) in [6.45, 7) is 2.11. The molecule has 0 atom stereocenters. The van der Waals surface area contributed by atoms with E-state index in [1.807, 2.05) is 0 Å². The first-order chi connectivity index (χ1) is 9.97. The highest BCUT2D eigenvalue weighted by atomic mass is 16.4. The largest absolute Gasteiger partial charge is 0.478 e. The van der Waals surface area contributed by atoms with E-state index < -0.39 is 5.97 Å². The average molecular weight is 288 g/mol. The molecule has 0 unspecified atom stereocenters. The van der Waals surface area contributed by atoms with Crippen LogP contribution in [0.3, 0.4) is 0 Å². The molecule has 0 radical (unpaired) electrons. The lowest BCUT2D eigenvalue weighted by Crippen LogP contribution is -2.30. The number of carboxylic acid groups (broad SMARTS) is 1. The molecule has 0 aliphatic rings. The van der Waals surface area contributed by atoms with Gasteiger partial charge in [-0.2, -0.15) is 5.10 Å². The fourth-order valence-corrected chi connectivity index (χ4v) is 1.91. The number of carbonyl (C=O) groups is 2. The first-order valence-electron chi connectivity index (χ1n) is 6.31. The average Bonchev–Trinajstić information content (AvgIpc) is 2.91. The number of aromatic carboxylic acids is 1. The number of carboxylic acids is 1. The van der Waals surface area contributed by atoms with Crippen molar-refractivity contribution in [2.75, 3.05) is 12.4 Å². The molecule has 7 heteroatoms. The summed E-state index contributed by atoms with van der Waals surface area (Å²) in [5, 5.41) is 18.2. The number of nitrogens with zero attached hydrogens (tertiary/aromatic N) is 2. The summed E-state index contributed by atoms with van der Waals surface area (Å²) >= 11 is 0. The molecule has 0 saturated heterocycles. The van der Waals surface area contributed by atoms with Crippen LogP contribution in [-0.4, -0.2) is 39.3 Å². The van der Waals surface area contributed by atoms with Crippen LogP contribution in [0.5, 0.6) is 0 Å². The standard InChI is InChI=1S/C14H16N4O3/c1-9-5-11(3-4-12(9)13(19)20)17-14(21)18(2)8-10-6-15-16-7-10/h3-7H,8H2,1-2H3,(H,15,16)(H,17,21)(H,19,20). The van der Waals surface area contributed by atoms with E-state index in [0.29, 0.717) is 17.8 Å². The van der Waals surface area contributed by atoms with Crippen molar-refractivity contribution in [3.8, 4) is 0 Å². The van der Waals surface area contributed by atoms with Gasteiger partial charge in [-0.05, 0) is 30.7 Å². The molecule has 3 N–H and O–H groups in total. The first kappa shape index (κ1) is 14.6. The van der Waals surface area contributed by atoms with E-state index in [4.69, 9.17) is 5.11 Å². The second kappa shape index (κ2) is 6.08. The van der Waals surface area contributed by atoms with Crippen molar-refractivity contribution in [3.05, 3.63) is 47.3 Å². The van der Waals surface area contributed by atoms with Crippen LogP contribution in [0.4, 0.5) is 10.5 Å². The van der Waals surface area contributed by atoms with Crippen molar-refractivity contribution >= 4 is 17.7 Å². The zero-order valence-corrected chi connectivity index (χ0v) is 11.8. The number of amides is 2. The Morgan fingerprint density at radius 1 is 1.43 bits per heavy atom. The van der Waals surface area contributed by atoms with Gasteiger partial charge in [-0.15, -0.1) is 0 Å². The summed E-state index contributed by atoms with van der Waals surface area (Å²) in [5.74, 6) is -0.984. The Morgan fingerprint density at radius 2 is 2.19 bits per heavy atom. The highest BCUT2D eigenvalue weighted by Crippen LogP contribution is 2.16. The van der Waals surface area contributed by atoms with Gasteiger partial charge < -0.3 is 15.3 Å². The van der Waals surface area contributed by atoms with Crippen LogP contribution in [0.15, 0.2) is 30.6 Å². The molecule has 7 nitrogen and oxygen atoms in total. The van der Waals surface area contributed by atoms with Gasteiger partial charge in [0.25, 0.3) is 0 Å². The minimum atomic E-state index is -0.984. The third-order valence-electron chi connectivity index (χ3n) is 3.03. The minimum absolute atomic E-state index is 0.222. The molecule has 0 aliphatic heterocycles. The molecule has 2 amide bonds. The van der Waals surface area contributed by atoms with Gasteiger partial charge in [0.15, 0.2) is 0 Å². The number of H-pyrrole nitrogens is 1. The molecular weight excluding hydrogens is 272 g/mol. The maximum atomic E-state index is 12.0. The number of aromatic nitrogens is 2.